The lowest BCUT2D eigenvalue weighted by Gasteiger charge is -2.21. The minimum Gasteiger partial charge on any atom is -0.507 e. The molecule has 164 valence electrons. The average Bonchev–Trinajstić information content (AvgIpc) is 3.36. The number of nitrogens with two attached hydrogens (primary N) is 1. The van der Waals surface area contributed by atoms with E-state index in [4.69, 9.17) is 5.73 Å². The molecular formula is C19H25N9O3. The van der Waals surface area contributed by atoms with Crippen LogP contribution in [-0.4, -0.2) is 55.6 Å². The monoisotopic (exact) mass is 427 g/mol. The number of anilines is 2. The van der Waals surface area contributed by atoms with Crippen LogP contribution >= 0.6 is 0 Å². The van der Waals surface area contributed by atoms with Crippen molar-refractivity contribution >= 4 is 23.6 Å². The van der Waals surface area contributed by atoms with Crippen LogP contribution < -0.4 is 16.1 Å². The summed E-state index contributed by atoms with van der Waals surface area (Å²) in [6, 6.07) is 5.28. The number of rotatable bonds is 8. The zero-order chi connectivity index (χ0) is 22.5. The van der Waals surface area contributed by atoms with E-state index in [2.05, 4.69) is 40.7 Å². The van der Waals surface area contributed by atoms with Gasteiger partial charge >= 0.3 is 0 Å². The minimum absolute atomic E-state index is 0.0282. The summed E-state index contributed by atoms with van der Waals surface area (Å²) in [6.07, 6.45) is 1.36. The van der Waals surface area contributed by atoms with Gasteiger partial charge in [-0.05, 0) is 42.2 Å². The Labute approximate surface area is 178 Å². The van der Waals surface area contributed by atoms with Crippen LogP contribution in [0.1, 0.15) is 55.4 Å². The SMILES string of the molecule is CCN(CC)c1ccc(/C=N\NC(=O)c2nnn(-c3nonc3N)c2C(C)C)c(O)c1. The van der Waals surface area contributed by atoms with Gasteiger partial charge in [-0.3, -0.25) is 4.79 Å². The Bertz CT molecular complexity index is 1080. The number of carbonyl (C=O) groups excluding carboxylic acids is 1. The Balaban J connectivity index is 1.78. The number of nitrogens with one attached hydrogen (secondary N) is 1. The summed E-state index contributed by atoms with van der Waals surface area (Å²) in [5, 5.41) is 29.3. The van der Waals surface area contributed by atoms with E-state index < -0.39 is 5.91 Å². The summed E-state index contributed by atoms with van der Waals surface area (Å²) in [5.74, 6) is -0.462. The highest BCUT2D eigenvalue weighted by Gasteiger charge is 2.25. The van der Waals surface area contributed by atoms with Gasteiger partial charge in [-0.15, -0.1) is 5.10 Å². The summed E-state index contributed by atoms with van der Waals surface area (Å²) >= 11 is 0. The van der Waals surface area contributed by atoms with Crippen molar-refractivity contribution in [3.8, 4) is 11.6 Å². The minimum atomic E-state index is -0.569. The summed E-state index contributed by atoms with van der Waals surface area (Å²) < 4.78 is 5.91. The molecule has 0 saturated heterocycles. The van der Waals surface area contributed by atoms with Crippen LogP contribution in [0.4, 0.5) is 11.5 Å². The number of amides is 1. The van der Waals surface area contributed by atoms with Gasteiger partial charge in [0.2, 0.25) is 11.6 Å². The molecule has 4 N–H and O–H groups in total. The zero-order valence-electron chi connectivity index (χ0n) is 17.8. The fraction of sp³-hybridized carbons (Fsp3) is 0.368. The molecule has 1 aromatic carbocycles. The van der Waals surface area contributed by atoms with Crippen molar-refractivity contribution in [3.05, 3.63) is 35.2 Å². The number of hydrazone groups is 1. The van der Waals surface area contributed by atoms with E-state index in [0.29, 0.717) is 11.3 Å². The predicted molar refractivity (Wildman–Crippen MR) is 114 cm³/mol. The van der Waals surface area contributed by atoms with E-state index >= 15 is 0 Å². The number of hydrogen-bond acceptors (Lipinski definition) is 10. The van der Waals surface area contributed by atoms with Crippen LogP contribution in [0.15, 0.2) is 27.9 Å². The first-order valence-electron chi connectivity index (χ1n) is 9.82. The van der Waals surface area contributed by atoms with Crippen molar-refractivity contribution < 1.29 is 14.5 Å². The molecule has 0 aliphatic heterocycles. The van der Waals surface area contributed by atoms with E-state index in [1.54, 1.807) is 12.1 Å². The molecule has 31 heavy (non-hydrogen) atoms. The van der Waals surface area contributed by atoms with E-state index in [0.717, 1.165) is 18.8 Å². The van der Waals surface area contributed by atoms with Crippen molar-refractivity contribution in [3.63, 3.8) is 0 Å². The molecule has 12 nitrogen and oxygen atoms in total. The molecule has 2 heterocycles. The molecule has 0 atom stereocenters. The van der Waals surface area contributed by atoms with Crippen molar-refractivity contribution in [1.82, 2.24) is 30.7 Å². The molecule has 0 fully saturated rings. The number of aromatic nitrogens is 5. The number of nitrogen functional groups attached to an aromatic ring is 1. The summed E-state index contributed by atoms with van der Waals surface area (Å²) in [6.45, 7) is 9.48. The number of phenols is 1. The lowest BCUT2D eigenvalue weighted by molar-refractivity contribution is 0.0948. The average molecular weight is 427 g/mol. The first-order valence-corrected chi connectivity index (χ1v) is 9.82. The van der Waals surface area contributed by atoms with Crippen LogP contribution in [0.5, 0.6) is 5.75 Å². The third-order valence-electron chi connectivity index (χ3n) is 4.68. The van der Waals surface area contributed by atoms with Crippen molar-refractivity contribution in [2.45, 2.75) is 33.6 Å². The summed E-state index contributed by atoms with van der Waals surface area (Å²) in [4.78, 5) is 14.7. The largest absolute Gasteiger partial charge is 0.507 e. The number of aromatic hydroxyl groups is 1. The molecule has 12 heteroatoms. The first kappa shape index (κ1) is 21.7. The number of hydrogen-bond donors (Lipinski definition) is 3. The van der Waals surface area contributed by atoms with Crippen LogP contribution in [0, 0.1) is 0 Å². The maximum atomic E-state index is 12.6. The maximum Gasteiger partial charge on any atom is 0.293 e. The standard InChI is InChI=1S/C19H25N9O3/c1-5-27(6-2)13-8-7-12(14(29)9-13)10-21-23-19(30)15-16(11(3)4)28(26-22-15)18-17(20)24-31-25-18/h7-11,29H,5-6H2,1-4H3,(H2,20,24)(H,23,30)/b21-10-. The molecule has 3 aromatic rings. The van der Waals surface area contributed by atoms with Crippen molar-refractivity contribution in [1.29, 1.82) is 0 Å². The normalized spacial score (nSPS) is 11.4. The van der Waals surface area contributed by atoms with Crippen LogP contribution in [0.3, 0.4) is 0 Å². The first-order chi connectivity index (χ1) is 14.9. The molecule has 0 unspecified atom stereocenters. The van der Waals surface area contributed by atoms with Crippen LogP contribution in [0.2, 0.25) is 0 Å². The second kappa shape index (κ2) is 9.24. The Morgan fingerprint density at radius 2 is 2.10 bits per heavy atom. The number of nitrogens with zero attached hydrogens (tertiary/aromatic N) is 7. The van der Waals surface area contributed by atoms with Crippen LogP contribution in [0.25, 0.3) is 5.82 Å². The predicted octanol–water partition coefficient (Wildman–Crippen LogP) is 1.67. The fourth-order valence-electron chi connectivity index (χ4n) is 3.10. The highest BCUT2D eigenvalue weighted by molar-refractivity contribution is 5.94. The zero-order valence-corrected chi connectivity index (χ0v) is 17.8. The van der Waals surface area contributed by atoms with Gasteiger partial charge in [0.05, 0.1) is 11.9 Å². The summed E-state index contributed by atoms with van der Waals surface area (Å²) in [7, 11) is 0. The van der Waals surface area contributed by atoms with Gasteiger partial charge in [0.25, 0.3) is 5.91 Å². The second-order valence-electron chi connectivity index (χ2n) is 6.98. The quantitative estimate of drug-likeness (QED) is 0.359. The highest BCUT2D eigenvalue weighted by atomic mass is 16.6. The molecule has 2 aromatic heterocycles. The van der Waals surface area contributed by atoms with Crippen molar-refractivity contribution in [2.24, 2.45) is 5.10 Å². The maximum absolute atomic E-state index is 12.6. The molecule has 0 aliphatic rings. The van der Waals surface area contributed by atoms with Crippen molar-refractivity contribution in [2.75, 3.05) is 23.7 Å². The van der Waals surface area contributed by atoms with Gasteiger partial charge < -0.3 is 15.7 Å². The molecule has 0 bridgehead atoms. The number of carbonyl (C=O) groups is 1. The second-order valence-corrected chi connectivity index (χ2v) is 6.98. The van der Waals surface area contributed by atoms with E-state index in [9.17, 15) is 9.90 Å². The Hall–Kier alpha value is -3.96. The van der Waals surface area contributed by atoms with Gasteiger partial charge in [-0.2, -0.15) is 9.78 Å². The van der Waals surface area contributed by atoms with E-state index in [-0.39, 0.29) is 29.0 Å². The number of phenolic OH excluding ortho intramolecular Hbond substituents is 1. The summed E-state index contributed by atoms with van der Waals surface area (Å²) in [5.41, 5.74) is 10.0. The van der Waals surface area contributed by atoms with Gasteiger partial charge in [0.1, 0.15) is 5.75 Å². The highest BCUT2D eigenvalue weighted by Crippen LogP contribution is 2.24. The Morgan fingerprint density at radius 3 is 2.68 bits per heavy atom. The molecule has 0 spiro atoms. The third-order valence-corrected chi connectivity index (χ3v) is 4.68. The van der Waals surface area contributed by atoms with Gasteiger partial charge in [-0.1, -0.05) is 19.1 Å². The van der Waals surface area contributed by atoms with E-state index in [1.807, 2.05) is 33.8 Å². The van der Waals surface area contributed by atoms with Gasteiger partial charge in [0, 0.05) is 30.4 Å². The number of benzene rings is 1. The molecule has 1 amide bonds. The lowest BCUT2D eigenvalue weighted by atomic mass is 10.1. The third kappa shape index (κ3) is 4.47. The fourth-order valence-corrected chi connectivity index (χ4v) is 3.10. The van der Waals surface area contributed by atoms with E-state index in [1.165, 1.54) is 10.9 Å². The Morgan fingerprint density at radius 1 is 1.35 bits per heavy atom. The molecule has 3 rings (SSSR count). The molecule has 0 saturated carbocycles. The molecule has 0 radical (unpaired) electrons. The van der Waals surface area contributed by atoms with Crippen LogP contribution in [-0.2, 0) is 0 Å². The molecule has 0 aliphatic carbocycles. The van der Waals surface area contributed by atoms with Gasteiger partial charge in [-0.25, -0.2) is 10.1 Å². The smallest absolute Gasteiger partial charge is 0.293 e. The molecular weight excluding hydrogens is 402 g/mol. The topological polar surface area (TPSA) is 161 Å². The Kier molecular flexibility index (Phi) is 6.48. The lowest BCUT2D eigenvalue weighted by Crippen LogP contribution is -2.21. The van der Waals surface area contributed by atoms with Gasteiger partial charge in [0.15, 0.2) is 5.69 Å².